The minimum Gasteiger partial charge on any atom is -0.477 e. The summed E-state index contributed by atoms with van der Waals surface area (Å²) in [6, 6.07) is 1.04. The van der Waals surface area contributed by atoms with Crippen molar-refractivity contribution in [3.8, 4) is 5.75 Å². The normalized spacial score (nSPS) is 18.7. The molecule has 8 nitrogen and oxygen atoms in total. The first-order valence-electron chi connectivity index (χ1n) is 7.88. The number of carboxylic acid groups (broad SMARTS) is 1. The zero-order valence-corrected chi connectivity index (χ0v) is 14.8. The fourth-order valence-corrected chi connectivity index (χ4v) is 3.46. The highest BCUT2D eigenvalue weighted by Crippen LogP contribution is 2.40. The van der Waals surface area contributed by atoms with E-state index >= 15 is 0 Å². The molecule has 1 saturated heterocycles. The number of hydrogen-bond acceptors (Lipinski definition) is 6. The second-order valence-corrected chi connectivity index (χ2v) is 6.38. The number of halogens is 2. The number of rotatable bonds is 2. The van der Waals surface area contributed by atoms with Crippen molar-refractivity contribution in [3.05, 3.63) is 33.9 Å². The van der Waals surface area contributed by atoms with Crippen LogP contribution in [0.1, 0.15) is 16.8 Å². The Morgan fingerprint density at radius 1 is 1.46 bits per heavy atom. The molecular weight excluding hydrogens is 367 g/mol. The van der Waals surface area contributed by atoms with Crippen molar-refractivity contribution in [2.45, 2.75) is 12.5 Å². The van der Waals surface area contributed by atoms with Gasteiger partial charge in [0, 0.05) is 32.4 Å². The summed E-state index contributed by atoms with van der Waals surface area (Å²) >= 11 is 0. The Bertz CT molecular complexity index is 964. The lowest BCUT2D eigenvalue weighted by atomic mass is 10.1. The predicted octanol–water partition coefficient (Wildman–Crippen LogP) is 0.716. The minimum absolute atomic E-state index is 0. The van der Waals surface area contributed by atoms with Gasteiger partial charge in [-0.25, -0.2) is 9.18 Å². The number of pyridine rings is 1. The van der Waals surface area contributed by atoms with Crippen LogP contribution in [0.3, 0.4) is 0 Å². The predicted molar refractivity (Wildman–Crippen MR) is 96.8 cm³/mol. The molecule has 10 heteroatoms. The van der Waals surface area contributed by atoms with Crippen molar-refractivity contribution in [3.63, 3.8) is 0 Å². The number of ether oxygens (including phenoxy) is 1. The van der Waals surface area contributed by atoms with E-state index in [0.717, 1.165) is 12.5 Å². The maximum Gasteiger partial charge on any atom is 0.341 e. The van der Waals surface area contributed by atoms with Crippen molar-refractivity contribution >= 4 is 35.0 Å². The van der Waals surface area contributed by atoms with Crippen molar-refractivity contribution in [1.29, 1.82) is 0 Å². The van der Waals surface area contributed by atoms with Gasteiger partial charge in [-0.05, 0) is 12.5 Å². The number of hydrogen-bond donors (Lipinski definition) is 2. The molecule has 0 radical (unpaired) electrons. The molecule has 1 fully saturated rings. The van der Waals surface area contributed by atoms with Crippen LogP contribution in [0.15, 0.2) is 17.1 Å². The average molecular weight is 385 g/mol. The van der Waals surface area contributed by atoms with E-state index in [0.29, 0.717) is 18.6 Å². The third-order valence-electron chi connectivity index (χ3n) is 4.69. The van der Waals surface area contributed by atoms with Crippen molar-refractivity contribution in [1.82, 2.24) is 4.68 Å². The van der Waals surface area contributed by atoms with Gasteiger partial charge in [0.1, 0.15) is 16.8 Å². The standard InChI is InChI=1S/C16H17FN4O4.ClH/c1-19-7-25-15-12-9(14(22)10(16(23)24)6-21(12)19)4-11(17)13(15)20-3-2-8(18)5-20;/h4,6,8H,2-3,5,7,18H2,1H3,(H,23,24);1H. The van der Waals surface area contributed by atoms with Gasteiger partial charge in [-0.1, -0.05) is 0 Å². The van der Waals surface area contributed by atoms with Crippen LogP contribution in [0, 0.1) is 5.82 Å². The SMILES string of the molecule is CN1COc2c(N3CCC(N)C3)c(F)cc3c(=O)c(C(=O)O)cn1c23.Cl. The highest BCUT2D eigenvalue weighted by Gasteiger charge is 2.31. The molecule has 26 heavy (non-hydrogen) atoms. The van der Waals surface area contributed by atoms with E-state index in [1.807, 2.05) is 0 Å². The number of aromatic carboxylic acids is 1. The fraction of sp³-hybridized carbons (Fsp3) is 0.375. The first kappa shape index (κ1) is 18.3. The molecule has 1 aromatic carbocycles. The zero-order chi connectivity index (χ0) is 17.9. The lowest BCUT2D eigenvalue weighted by Gasteiger charge is -2.33. The van der Waals surface area contributed by atoms with Gasteiger partial charge >= 0.3 is 5.97 Å². The molecule has 2 aromatic rings. The number of carboxylic acids is 1. The van der Waals surface area contributed by atoms with E-state index in [4.69, 9.17) is 10.5 Å². The molecular formula is C16H18ClFN4O4. The molecule has 0 bridgehead atoms. The molecule has 4 rings (SSSR count). The van der Waals surface area contributed by atoms with Crippen LogP contribution >= 0.6 is 12.4 Å². The Labute approximate surface area is 153 Å². The van der Waals surface area contributed by atoms with E-state index in [1.165, 1.54) is 10.9 Å². The number of aromatic nitrogens is 1. The maximum atomic E-state index is 14.8. The largest absolute Gasteiger partial charge is 0.477 e. The topological polar surface area (TPSA) is 101 Å². The lowest BCUT2D eigenvalue weighted by molar-refractivity contribution is 0.0694. The summed E-state index contributed by atoms with van der Waals surface area (Å²) in [5.74, 6) is -1.73. The quantitative estimate of drug-likeness (QED) is 0.786. The third kappa shape index (κ3) is 2.55. The average Bonchev–Trinajstić information content (AvgIpc) is 2.98. The molecule has 0 spiro atoms. The molecule has 0 saturated carbocycles. The van der Waals surface area contributed by atoms with Gasteiger partial charge in [-0.15, -0.1) is 12.4 Å². The van der Waals surface area contributed by atoms with Crippen LogP contribution in [0.2, 0.25) is 0 Å². The van der Waals surface area contributed by atoms with Crippen molar-refractivity contribution < 1.29 is 19.0 Å². The van der Waals surface area contributed by atoms with Crippen LogP contribution in [0.5, 0.6) is 5.75 Å². The number of nitrogens with two attached hydrogens (primary N) is 1. The van der Waals surface area contributed by atoms with Gasteiger partial charge in [-0.3, -0.25) is 14.5 Å². The summed E-state index contributed by atoms with van der Waals surface area (Å²) in [4.78, 5) is 25.7. The van der Waals surface area contributed by atoms with Crippen molar-refractivity contribution in [2.75, 3.05) is 36.8 Å². The molecule has 0 amide bonds. The monoisotopic (exact) mass is 384 g/mol. The molecule has 2 aliphatic heterocycles. The minimum atomic E-state index is -1.35. The maximum absolute atomic E-state index is 14.8. The van der Waals surface area contributed by atoms with E-state index in [1.54, 1.807) is 17.0 Å². The van der Waals surface area contributed by atoms with Crippen LogP contribution < -0.4 is 25.8 Å². The molecule has 1 atom stereocenters. The molecule has 140 valence electrons. The van der Waals surface area contributed by atoms with Crippen molar-refractivity contribution in [2.24, 2.45) is 5.73 Å². The first-order chi connectivity index (χ1) is 11.9. The second kappa shape index (κ2) is 6.33. The van der Waals surface area contributed by atoms with Gasteiger partial charge in [0.25, 0.3) is 0 Å². The first-order valence-corrected chi connectivity index (χ1v) is 7.88. The number of anilines is 1. The number of nitrogens with zero attached hydrogens (tertiary/aromatic N) is 3. The molecule has 3 heterocycles. The molecule has 3 N–H and O–H groups in total. The van der Waals surface area contributed by atoms with E-state index < -0.39 is 22.8 Å². The summed E-state index contributed by atoms with van der Waals surface area (Å²) in [6.07, 6.45) is 1.98. The van der Waals surface area contributed by atoms with E-state index in [-0.39, 0.29) is 42.0 Å². The molecule has 1 unspecified atom stereocenters. The van der Waals surface area contributed by atoms with Crippen LogP contribution in [-0.2, 0) is 0 Å². The van der Waals surface area contributed by atoms with Gasteiger partial charge in [-0.2, -0.15) is 0 Å². The van der Waals surface area contributed by atoms with Gasteiger partial charge in [0.15, 0.2) is 18.3 Å². The zero-order valence-electron chi connectivity index (χ0n) is 13.9. The van der Waals surface area contributed by atoms with Crippen LogP contribution in [-0.4, -0.2) is 48.7 Å². The molecule has 1 aromatic heterocycles. The van der Waals surface area contributed by atoms with Crippen LogP contribution in [0.4, 0.5) is 10.1 Å². The highest BCUT2D eigenvalue weighted by molar-refractivity contribution is 5.97. The summed E-state index contributed by atoms with van der Waals surface area (Å²) in [6.45, 7) is 1.18. The van der Waals surface area contributed by atoms with E-state index in [2.05, 4.69) is 0 Å². The number of benzene rings is 1. The Morgan fingerprint density at radius 2 is 2.19 bits per heavy atom. The summed E-state index contributed by atoms with van der Waals surface area (Å²) in [7, 11) is 1.69. The summed E-state index contributed by atoms with van der Waals surface area (Å²) in [5, 5.41) is 10.9. The lowest BCUT2D eigenvalue weighted by Crippen LogP contribution is -2.40. The molecule has 0 aliphatic carbocycles. The van der Waals surface area contributed by atoms with E-state index in [9.17, 15) is 19.1 Å². The Kier molecular flexibility index (Phi) is 4.45. The number of carbonyl (C=O) groups is 1. The molecule has 2 aliphatic rings. The third-order valence-corrected chi connectivity index (χ3v) is 4.69. The summed E-state index contributed by atoms with van der Waals surface area (Å²) in [5.41, 5.74) is 5.41. The Morgan fingerprint density at radius 3 is 2.81 bits per heavy atom. The van der Waals surface area contributed by atoms with Gasteiger partial charge < -0.3 is 20.5 Å². The van der Waals surface area contributed by atoms with Gasteiger partial charge in [0.2, 0.25) is 5.43 Å². The smallest absolute Gasteiger partial charge is 0.341 e. The highest BCUT2D eigenvalue weighted by atomic mass is 35.5. The Balaban J connectivity index is 0.00000196. The van der Waals surface area contributed by atoms with Gasteiger partial charge in [0.05, 0.1) is 5.39 Å². The Hall–Kier alpha value is -2.52. The fourth-order valence-electron chi connectivity index (χ4n) is 3.46. The van der Waals surface area contributed by atoms with Crippen LogP contribution in [0.25, 0.3) is 10.9 Å². The second-order valence-electron chi connectivity index (χ2n) is 6.38. The summed E-state index contributed by atoms with van der Waals surface area (Å²) < 4.78 is 22.1.